The van der Waals surface area contributed by atoms with Crippen LogP contribution in [0.1, 0.15) is 48.1 Å². The zero-order valence-electron chi connectivity index (χ0n) is 18.5. The van der Waals surface area contributed by atoms with Gasteiger partial charge >= 0.3 is 0 Å². The van der Waals surface area contributed by atoms with Crippen molar-refractivity contribution in [3.8, 4) is 6.07 Å². The van der Waals surface area contributed by atoms with Crippen molar-refractivity contribution in [1.82, 2.24) is 4.90 Å². The van der Waals surface area contributed by atoms with Crippen LogP contribution in [-0.2, 0) is 0 Å². The Hall–Kier alpha value is -2.78. The molecule has 3 aromatic rings. The average molecular weight is 467 g/mol. The van der Waals surface area contributed by atoms with Crippen LogP contribution in [0.25, 0.3) is 0 Å². The number of nitriles is 1. The van der Waals surface area contributed by atoms with Gasteiger partial charge in [0.25, 0.3) is 0 Å². The Kier molecular flexibility index (Phi) is 6.54. The molecule has 1 saturated heterocycles. The summed E-state index contributed by atoms with van der Waals surface area (Å²) in [5, 5.41) is 20.9. The molecular weight excluding hydrogens is 442 g/mol. The lowest BCUT2D eigenvalue weighted by Gasteiger charge is -2.50. The van der Waals surface area contributed by atoms with E-state index in [0.29, 0.717) is 29.2 Å². The van der Waals surface area contributed by atoms with Crippen LogP contribution in [0.3, 0.4) is 0 Å². The van der Waals surface area contributed by atoms with E-state index < -0.39 is 23.2 Å². The maximum Gasteiger partial charge on any atom is 0.126 e. The first-order valence-corrected chi connectivity index (χ1v) is 11.2. The molecule has 3 nitrogen and oxygen atoms in total. The Labute approximate surface area is 197 Å². The second-order valence-corrected chi connectivity index (χ2v) is 9.68. The fraction of sp³-hybridized carbons (Fsp3) is 0.296. The molecule has 4 rings (SSSR count). The van der Waals surface area contributed by atoms with Gasteiger partial charge in [-0.15, -0.1) is 0 Å². The predicted molar refractivity (Wildman–Crippen MR) is 125 cm³/mol. The van der Waals surface area contributed by atoms with Crippen LogP contribution < -0.4 is 0 Å². The number of benzene rings is 3. The van der Waals surface area contributed by atoms with E-state index in [9.17, 15) is 19.1 Å². The van der Waals surface area contributed by atoms with Gasteiger partial charge in [0.15, 0.2) is 0 Å². The fourth-order valence-corrected chi connectivity index (χ4v) is 5.15. The van der Waals surface area contributed by atoms with Crippen LogP contribution in [-0.4, -0.2) is 28.7 Å². The first-order chi connectivity index (χ1) is 15.7. The van der Waals surface area contributed by atoms with Gasteiger partial charge in [0.2, 0.25) is 0 Å². The Balaban J connectivity index is 1.65. The number of hydrogen-bond donors (Lipinski definition) is 1. The quantitative estimate of drug-likeness (QED) is 0.480. The van der Waals surface area contributed by atoms with Gasteiger partial charge in [0, 0.05) is 30.1 Å². The van der Waals surface area contributed by atoms with Crippen LogP contribution in [0.5, 0.6) is 0 Å². The zero-order chi connectivity index (χ0) is 23.8. The van der Waals surface area contributed by atoms with Gasteiger partial charge in [-0.3, -0.25) is 4.90 Å². The van der Waals surface area contributed by atoms with Crippen molar-refractivity contribution in [2.75, 3.05) is 13.1 Å². The molecule has 0 amide bonds. The molecule has 0 aromatic heterocycles. The molecule has 33 heavy (non-hydrogen) atoms. The van der Waals surface area contributed by atoms with E-state index >= 15 is 0 Å². The molecule has 1 heterocycles. The van der Waals surface area contributed by atoms with Gasteiger partial charge in [0.1, 0.15) is 11.6 Å². The minimum atomic E-state index is -1.16. The van der Waals surface area contributed by atoms with Gasteiger partial charge in [0.05, 0.1) is 23.3 Å². The Bertz CT molecular complexity index is 1160. The van der Waals surface area contributed by atoms with Crippen molar-refractivity contribution < 1.29 is 13.9 Å². The van der Waals surface area contributed by atoms with Crippen LogP contribution in [0.15, 0.2) is 66.7 Å². The summed E-state index contributed by atoms with van der Waals surface area (Å²) in [6.45, 7) is 4.60. The van der Waals surface area contributed by atoms with E-state index in [2.05, 4.69) is 11.0 Å². The number of nitrogens with zero attached hydrogens (tertiary/aromatic N) is 2. The molecule has 170 valence electrons. The third-order valence-electron chi connectivity index (χ3n) is 6.30. The molecule has 1 aliphatic heterocycles. The molecule has 1 N–H and O–H groups in total. The topological polar surface area (TPSA) is 47.3 Å². The Morgan fingerprint density at radius 3 is 2.18 bits per heavy atom. The molecule has 0 spiro atoms. The van der Waals surface area contributed by atoms with E-state index in [0.717, 1.165) is 17.2 Å². The van der Waals surface area contributed by atoms with Crippen LogP contribution >= 0.6 is 11.6 Å². The molecule has 0 saturated carbocycles. The van der Waals surface area contributed by atoms with Gasteiger partial charge in [-0.05, 0) is 72.9 Å². The summed E-state index contributed by atoms with van der Waals surface area (Å²) in [4.78, 5) is 2.25. The third-order valence-corrected chi connectivity index (χ3v) is 6.55. The second kappa shape index (κ2) is 9.23. The van der Waals surface area contributed by atoms with Crippen molar-refractivity contribution in [1.29, 1.82) is 5.26 Å². The molecule has 0 aliphatic carbocycles. The summed E-state index contributed by atoms with van der Waals surface area (Å²) in [6.07, 6.45) is 0. The van der Waals surface area contributed by atoms with E-state index in [4.69, 9.17) is 11.6 Å². The second-order valence-electron chi connectivity index (χ2n) is 9.24. The highest BCUT2D eigenvalue weighted by molar-refractivity contribution is 6.30. The van der Waals surface area contributed by atoms with Gasteiger partial charge in [-0.2, -0.15) is 5.26 Å². The van der Waals surface area contributed by atoms with E-state index in [1.807, 2.05) is 42.5 Å². The summed E-state index contributed by atoms with van der Waals surface area (Å²) in [6, 6.07) is 20.6. The Morgan fingerprint density at radius 1 is 0.970 bits per heavy atom. The van der Waals surface area contributed by atoms with Crippen molar-refractivity contribution in [3.63, 3.8) is 0 Å². The summed E-state index contributed by atoms with van der Waals surface area (Å²) in [5.41, 5.74) is 1.89. The molecule has 2 atom stereocenters. The van der Waals surface area contributed by atoms with Crippen molar-refractivity contribution in [2.24, 2.45) is 5.92 Å². The average Bonchev–Trinajstić information content (AvgIpc) is 2.72. The lowest BCUT2D eigenvalue weighted by Crippen LogP contribution is -2.54. The molecule has 1 aliphatic rings. The molecule has 0 radical (unpaired) electrons. The van der Waals surface area contributed by atoms with Gasteiger partial charge in [-0.25, -0.2) is 8.78 Å². The molecule has 0 unspecified atom stereocenters. The fourth-order valence-electron chi connectivity index (χ4n) is 5.02. The van der Waals surface area contributed by atoms with E-state index in [-0.39, 0.29) is 12.0 Å². The van der Waals surface area contributed by atoms with Crippen molar-refractivity contribution in [3.05, 3.63) is 106 Å². The SMILES string of the molecule is CC(C)(O)[C@H](c1cc(F)cc(F)c1)C1CN([C@@H](c2ccc(Cl)cc2)c2cccc(C#N)c2)C1. The number of likely N-dealkylation sites (tertiary alicyclic amines) is 1. The van der Waals surface area contributed by atoms with Crippen LogP contribution in [0.4, 0.5) is 8.78 Å². The minimum absolute atomic E-state index is 0.000139. The first kappa shape index (κ1) is 23.4. The zero-order valence-corrected chi connectivity index (χ0v) is 19.2. The van der Waals surface area contributed by atoms with Gasteiger partial charge in [-0.1, -0.05) is 35.9 Å². The third kappa shape index (κ3) is 5.09. The highest BCUT2D eigenvalue weighted by Crippen LogP contribution is 2.44. The highest BCUT2D eigenvalue weighted by atomic mass is 35.5. The number of rotatable bonds is 6. The molecule has 0 bridgehead atoms. The highest BCUT2D eigenvalue weighted by Gasteiger charge is 2.44. The normalized spacial score (nSPS) is 16.6. The maximum atomic E-state index is 13.9. The standard InChI is InChI=1S/C27H25ClF2N2O/c1-27(2,33)25(20-11-23(29)13-24(30)12-20)21-15-32(16-21)26(18-6-8-22(28)9-7-18)19-5-3-4-17(10-19)14-31/h3-13,21,25-26,33H,15-16H2,1-2H3/t25-,26+/m1/s1. The van der Waals surface area contributed by atoms with Crippen LogP contribution in [0.2, 0.25) is 5.02 Å². The van der Waals surface area contributed by atoms with E-state index in [1.165, 1.54) is 12.1 Å². The Morgan fingerprint density at radius 2 is 1.61 bits per heavy atom. The number of hydrogen-bond acceptors (Lipinski definition) is 3. The molecular formula is C27H25ClF2N2O. The van der Waals surface area contributed by atoms with Crippen LogP contribution in [0, 0.1) is 28.9 Å². The summed E-state index contributed by atoms with van der Waals surface area (Å²) in [5.74, 6) is -1.74. The van der Waals surface area contributed by atoms with E-state index in [1.54, 1.807) is 19.9 Å². The maximum absolute atomic E-state index is 13.9. The van der Waals surface area contributed by atoms with Crippen molar-refractivity contribution in [2.45, 2.75) is 31.4 Å². The molecule has 3 aromatic carbocycles. The minimum Gasteiger partial charge on any atom is -0.390 e. The smallest absolute Gasteiger partial charge is 0.126 e. The monoisotopic (exact) mass is 466 g/mol. The molecule has 1 fully saturated rings. The lowest BCUT2D eigenvalue weighted by atomic mass is 9.71. The number of aliphatic hydroxyl groups is 1. The predicted octanol–water partition coefficient (Wildman–Crippen LogP) is 6.07. The molecule has 6 heteroatoms. The first-order valence-electron chi connectivity index (χ1n) is 10.8. The van der Waals surface area contributed by atoms with Gasteiger partial charge < -0.3 is 5.11 Å². The summed E-state index contributed by atoms with van der Waals surface area (Å²) >= 11 is 6.10. The number of halogens is 3. The van der Waals surface area contributed by atoms with Crippen molar-refractivity contribution >= 4 is 11.6 Å². The largest absolute Gasteiger partial charge is 0.390 e. The summed E-state index contributed by atoms with van der Waals surface area (Å²) < 4.78 is 27.9. The summed E-state index contributed by atoms with van der Waals surface area (Å²) in [7, 11) is 0. The lowest BCUT2D eigenvalue weighted by molar-refractivity contribution is -0.0309.